The van der Waals surface area contributed by atoms with Crippen LogP contribution >= 0.6 is 0 Å². The van der Waals surface area contributed by atoms with Crippen molar-refractivity contribution in [2.75, 3.05) is 0 Å². The van der Waals surface area contributed by atoms with Gasteiger partial charge in [0.05, 0.1) is 12.8 Å². The van der Waals surface area contributed by atoms with Crippen LogP contribution in [0.4, 0.5) is 0 Å². The van der Waals surface area contributed by atoms with Gasteiger partial charge in [-0.25, -0.2) is 9.97 Å². The van der Waals surface area contributed by atoms with Crippen LogP contribution in [0.5, 0.6) is 0 Å². The Morgan fingerprint density at radius 3 is 2.75 bits per heavy atom. The summed E-state index contributed by atoms with van der Waals surface area (Å²) in [6.07, 6.45) is 6.79. The number of rotatable bonds is 4. The highest BCUT2D eigenvalue weighted by Gasteiger charge is 2.09. The van der Waals surface area contributed by atoms with Gasteiger partial charge in [-0.1, -0.05) is 13.8 Å². The number of aromatic nitrogens is 2. The average Bonchev–Trinajstić information content (AvgIpc) is 2.75. The van der Waals surface area contributed by atoms with Crippen molar-refractivity contribution < 1.29 is 4.42 Å². The molecule has 0 aromatic carbocycles. The topological polar surface area (TPSA) is 51.0 Å². The third-order valence-electron chi connectivity index (χ3n) is 2.29. The van der Waals surface area contributed by atoms with Crippen molar-refractivity contribution in [3.63, 3.8) is 0 Å². The molecule has 0 amide bonds. The SMILES string of the molecule is CC(C)NCc1occc1-c1cncnc1. The molecule has 2 rings (SSSR count). The molecule has 0 aliphatic rings. The second kappa shape index (κ2) is 4.90. The van der Waals surface area contributed by atoms with Crippen molar-refractivity contribution in [1.29, 1.82) is 0 Å². The molecule has 4 nitrogen and oxygen atoms in total. The lowest BCUT2D eigenvalue weighted by Crippen LogP contribution is -2.21. The van der Waals surface area contributed by atoms with Crippen LogP contribution in [0.3, 0.4) is 0 Å². The van der Waals surface area contributed by atoms with Crippen molar-refractivity contribution in [2.45, 2.75) is 26.4 Å². The fourth-order valence-electron chi connectivity index (χ4n) is 1.47. The van der Waals surface area contributed by atoms with Gasteiger partial charge in [-0.15, -0.1) is 0 Å². The zero-order chi connectivity index (χ0) is 11.4. The first-order chi connectivity index (χ1) is 7.77. The summed E-state index contributed by atoms with van der Waals surface area (Å²) in [6.45, 7) is 4.93. The molecule has 1 N–H and O–H groups in total. The summed E-state index contributed by atoms with van der Waals surface area (Å²) >= 11 is 0. The fourth-order valence-corrected chi connectivity index (χ4v) is 1.47. The van der Waals surface area contributed by atoms with Crippen LogP contribution in [0.2, 0.25) is 0 Å². The summed E-state index contributed by atoms with van der Waals surface area (Å²) in [6, 6.07) is 2.38. The van der Waals surface area contributed by atoms with Crippen molar-refractivity contribution in [1.82, 2.24) is 15.3 Å². The number of hydrogen-bond acceptors (Lipinski definition) is 4. The Morgan fingerprint density at radius 1 is 1.31 bits per heavy atom. The van der Waals surface area contributed by atoms with Gasteiger partial charge < -0.3 is 9.73 Å². The number of hydrogen-bond donors (Lipinski definition) is 1. The van der Waals surface area contributed by atoms with Gasteiger partial charge in [-0.2, -0.15) is 0 Å². The maximum absolute atomic E-state index is 5.45. The van der Waals surface area contributed by atoms with Gasteiger partial charge in [0.25, 0.3) is 0 Å². The second-order valence-electron chi connectivity index (χ2n) is 3.92. The number of nitrogens with one attached hydrogen (secondary N) is 1. The van der Waals surface area contributed by atoms with Crippen molar-refractivity contribution in [3.05, 3.63) is 36.8 Å². The standard InChI is InChI=1S/C12H15N3O/c1-9(2)15-7-12-11(3-4-16-12)10-5-13-8-14-6-10/h3-6,8-9,15H,7H2,1-2H3. The van der Waals surface area contributed by atoms with Crippen LogP contribution in [-0.2, 0) is 6.54 Å². The van der Waals surface area contributed by atoms with E-state index in [4.69, 9.17) is 4.42 Å². The van der Waals surface area contributed by atoms with Crippen molar-refractivity contribution >= 4 is 0 Å². The van der Waals surface area contributed by atoms with Crippen LogP contribution in [0, 0.1) is 0 Å². The lowest BCUT2D eigenvalue weighted by Gasteiger charge is -2.07. The molecule has 16 heavy (non-hydrogen) atoms. The van der Waals surface area contributed by atoms with E-state index in [9.17, 15) is 0 Å². The normalized spacial score (nSPS) is 10.9. The molecule has 0 aliphatic carbocycles. The molecular weight excluding hydrogens is 202 g/mol. The van der Waals surface area contributed by atoms with E-state index in [2.05, 4.69) is 29.1 Å². The van der Waals surface area contributed by atoms with Crippen LogP contribution < -0.4 is 5.32 Å². The fraction of sp³-hybridized carbons (Fsp3) is 0.333. The molecule has 0 unspecified atom stereocenters. The van der Waals surface area contributed by atoms with E-state index in [1.54, 1.807) is 18.7 Å². The molecule has 0 aliphatic heterocycles. The Labute approximate surface area is 94.7 Å². The van der Waals surface area contributed by atoms with Crippen LogP contribution in [0.15, 0.2) is 35.5 Å². The van der Waals surface area contributed by atoms with E-state index in [1.165, 1.54) is 6.33 Å². The highest BCUT2D eigenvalue weighted by molar-refractivity contribution is 5.63. The number of furan rings is 1. The molecule has 0 bridgehead atoms. The molecule has 2 heterocycles. The van der Waals surface area contributed by atoms with E-state index in [1.807, 2.05) is 6.07 Å². The Balaban J connectivity index is 2.19. The molecule has 0 spiro atoms. The third-order valence-corrected chi connectivity index (χ3v) is 2.29. The number of nitrogens with zero attached hydrogens (tertiary/aromatic N) is 2. The van der Waals surface area contributed by atoms with Crippen molar-refractivity contribution in [3.8, 4) is 11.1 Å². The zero-order valence-corrected chi connectivity index (χ0v) is 9.47. The molecular formula is C12H15N3O. The van der Waals surface area contributed by atoms with E-state index in [-0.39, 0.29) is 0 Å². The molecule has 2 aromatic heterocycles. The first kappa shape index (κ1) is 10.8. The lowest BCUT2D eigenvalue weighted by atomic mass is 10.1. The monoisotopic (exact) mass is 217 g/mol. The van der Waals surface area contributed by atoms with E-state index in [0.717, 1.165) is 23.4 Å². The average molecular weight is 217 g/mol. The quantitative estimate of drug-likeness (QED) is 0.853. The van der Waals surface area contributed by atoms with Crippen LogP contribution in [0.1, 0.15) is 19.6 Å². The summed E-state index contributed by atoms with van der Waals surface area (Å²) in [5.74, 6) is 0.920. The first-order valence-electron chi connectivity index (χ1n) is 5.32. The highest BCUT2D eigenvalue weighted by atomic mass is 16.3. The smallest absolute Gasteiger partial charge is 0.125 e. The Morgan fingerprint density at radius 2 is 2.06 bits per heavy atom. The molecule has 0 atom stereocenters. The summed E-state index contributed by atoms with van der Waals surface area (Å²) in [4.78, 5) is 8.01. The predicted octanol–water partition coefficient (Wildman–Crippen LogP) is 2.23. The maximum atomic E-state index is 5.45. The predicted molar refractivity (Wildman–Crippen MR) is 61.7 cm³/mol. The second-order valence-corrected chi connectivity index (χ2v) is 3.92. The summed E-state index contributed by atoms with van der Waals surface area (Å²) in [5, 5.41) is 3.32. The molecule has 0 saturated heterocycles. The molecule has 0 saturated carbocycles. The van der Waals surface area contributed by atoms with Gasteiger partial charge in [0, 0.05) is 29.6 Å². The van der Waals surface area contributed by atoms with E-state index >= 15 is 0 Å². The van der Waals surface area contributed by atoms with Crippen molar-refractivity contribution in [2.24, 2.45) is 0 Å². The third kappa shape index (κ3) is 2.46. The first-order valence-corrected chi connectivity index (χ1v) is 5.32. The van der Waals surface area contributed by atoms with Crippen LogP contribution in [-0.4, -0.2) is 16.0 Å². The summed E-state index contributed by atoms with van der Waals surface area (Å²) in [7, 11) is 0. The highest BCUT2D eigenvalue weighted by Crippen LogP contribution is 2.23. The Kier molecular flexibility index (Phi) is 3.31. The minimum atomic E-state index is 0.435. The molecule has 84 valence electrons. The maximum Gasteiger partial charge on any atom is 0.125 e. The summed E-state index contributed by atoms with van der Waals surface area (Å²) in [5.41, 5.74) is 2.03. The summed E-state index contributed by atoms with van der Waals surface area (Å²) < 4.78 is 5.45. The lowest BCUT2D eigenvalue weighted by molar-refractivity contribution is 0.466. The molecule has 0 fully saturated rings. The van der Waals surface area contributed by atoms with Gasteiger partial charge in [0.2, 0.25) is 0 Å². The Hall–Kier alpha value is -1.68. The van der Waals surface area contributed by atoms with Gasteiger partial charge in [-0.3, -0.25) is 0 Å². The minimum absolute atomic E-state index is 0.435. The largest absolute Gasteiger partial charge is 0.467 e. The molecule has 0 radical (unpaired) electrons. The van der Waals surface area contributed by atoms with Gasteiger partial charge in [0.15, 0.2) is 0 Å². The van der Waals surface area contributed by atoms with Gasteiger partial charge in [0.1, 0.15) is 12.1 Å². The van der Waals surface area contributed by atoms with Crippen LogP contribution in [0.25, 0.3) is 11.1 Å². The van der Waals surface area contributed by atoms with Gasteiger partial charge in [-0.05, 0) is 6.07 Å². The molecule has 4 heteroatoms. The Bertz CT molecular complexity index is 437. The van der Waals surface area contributed by atoms with E-state index in [0.29, 0.717) is 6.04 Å². The van der Waals surface area contributed by atoms with E-state index < -0.39 is 0 Å². The molecule has 2 aromatic rings. The zero-order valence-electron chi connectivity index (χ0n) is 9.47. The minimum Gasteiger partial charge on any atom is -0.467 e. The van der Waals surface area contributed by atoms with Gasteiger partial charge >= 0.3 is 0 Å².